The highest BCUT2D eigenvalue weighted by molar-refractivity contribution is 5.95. The van der Waals surface area contributed by atoms with Crippen LogP contribution in [0.15, 0.2) is 35.1 Å². The summed E-state index contributed by atoms with van der Waals surface area (Å²) >= 11 is 0. The molecule has 13 heteroatoms. The molecule has 3 rings (SSSR count). The second-order valence-corrected chi connectivity index (χ2v) is 6.35. The zero-order valence-corrected chi connectivity index (χ0v) is 16.3. The minimum absolute atomic E-state index is 0.0295. The number of halogens is 3. The summed E-state index contributed by atoms with van der Waals surface area (Å²) in [5.74, 6) is -0.430. The van der Waals surface area contributed by atoms with Crippen LogP contribution < -0.4 is 5.32 Å². The first-order valence-corrected chi connectivity index (χ1v) is 9.20. The van der Waals surface area contributed by atoms with Crippen LogP contribution in [-0.2, 0) is 22.2 Å². The zero-order valence-electron chi connectivity index (χ0n) is 16.3. The molecule has 2 heterocycles. The molecule has 1 aromatic carbocycles. The Morgan fingerprint density at radius 3 is 2.71 bits per heavy atom. The molecule has 0 aliphatic rings. The highest BCUT2D eigenvalue weighted by atomic mass is 19.4. The summed E-state index contributed by atoms with van der Waals surface area (Å²) in [6.07, 6.45) is -3.24. The molecule has 0 saturated carbocycles. The molecular weight excluding hydrogens is 419 g/mol. The summed E-state index contributed by atoms with van der Waals surface area (Å²) in [5.41, 5.74) is -1.33. The summed E-state index contributed by atoms with van der Waals surface area (Å²) in [6.45, 7) is 1.46. The van der Waals surface area contributed by atoms with Crippen molar-refractivity contribution in [1.29, 1.82) is 0 Å². The van der Waals surface area contributed by atoms with E-state index in [2.05, 4.69) is 30.6 Å². The Kier molecular flexibility index (Phi) is 6.62. The second kappa shape index (κ2) is 9.36. The maximum atomic E-state index is 13.1. The van der Waals surface area contributed by atoms with E-state index in [1.807, 2.05) is 0 Å². The average molecular weight is 437 g/mol. The number of hydrogen-bond donors (Lipinski definition) is 2. The molecular formula is C18H18F3N7O3. The van der Waals surface area contributed by atoms with Gasteiger partial charge in [0.2, 0.25) is 23.5 Å². The Morgan fingerprint density at radius 1 is 1.26 bits per heavy atom. The van der Waals surface area contributed by atoms with Crippen LogP contribution in [0.1, 0.15) is 24.8 Å². The van der Waals surface area contributed by atoms with Crippen molar-refractivity contribution in [3.63, 3.8) is 0 Å². The fourth-order valence-electron chi connectivity index (χ4n) is 2.72. The molecule has 0 saturated heterocycles. The van der Waals surface area contributed by atoms with E-state index in [0.29, 0.717) is 5.82 Å². The number of aromatic amines is 1. The smallest absolute Gasteiger partial charge is 0.339 e. The Hall–Kier alpha value is -3.77. The number of aromatic nitrogens is 5. The van der Waals surface area contributed by atoms with Crippen LogP contribution >= 0.6 is 0 Å². The van der Waals surface area contributed by atoms with Gasteiger partial charge >= 0.3 is 6.18 Å². The van der Waals surface area contributed by atoms with Crippen molar-refractivity contribution in [2.24, 2.45) is 0 Å². The summed E-state index contributed by atoms with van der Waals surface area (Å²) in [7, 11) is 0. The van der Waals surface area contributed by atoms with E-state index in [-0.39, 0.29) is 42.7 Å². The summed E-state index contributed by atoms with van der Waals surface area (Å²) < 4.78 is 44.2. The number of aryl methyl sites for hydroxylation is 1. The first kappa shape index (κ1) is 21.9. The molecule has 0 bridgehead atoms. The number of alkyl halides is 3. The van der Waals surface area contributed by atoms with Gasteiger partial charge in [-0.15, -0.1) is 0 Å². The SMILES string of the molecule is CCN(CC(=O)Nc1ccccc1C(F)(F)F)C(=O)CCc1nc(-c2ncn[nH]2)no1. The van der Waals surface area contributed by atoms with Crippen molar-refractivity contribution in [3.05, 3.63) is 42.0 Å². The van der Waals surface area contributed by atoms with Gasteiger partial charge in [0.05, 0.1) is 17.8 Å². The number of hydrogen-bond acceptors (Lipinski definition) is 7. The van der Waals surface area contributed by atoms with E-state index in [4.69, 9.17) is 4.52 Å². The third kappa shape index (κ3) is 5.65. The van der Waals surface area contributed by atoms with Crippen LogP contribution in [0.5, 0.6) is 0 Å². The molecule has 0 unspecified atom stereocenters. The first-order valence-electron chi connectivity index (χ1n) is 9.20. The maximum absolute atomic E-state index is 13.1. The average Bonchev–Trinajstić information content (AvgIpc) is 3.41. The molecule has 0 fully saturated rings. The number of carbonyl (C=O) groups is 2. The lowest BCUT2D eigenvalue weighted by Crippen LogP contribution is -2.38. The van der Waals surface area contributed by atoms with Gasteiger partial charge in [-0.3, -0.25) is 14.7 Å². The summed E-state index contributed by atoms with van der Waals surface area (Å²) in [6, 6.07) is 4.63. The quantitative estimate of drug-likeness (QED) is 0.553. The second-order valence-electron chi connectivity index (χ2n) is 6.35. The first-order chi connectivity index (χ1) is 14.8. The number of likely N-dealkylation sites (N-methyl/N-ethyl adjacent to an activating group) is 1. The number of para-hydroxylation sites is 1. The molecule has 31 heavy (non-hydrogen) atoms. The Morgan fingerprint density at radius 2 is 2.03 bits per heavy atom. The third-order valence-corrected chi connectivity index (χ3v) is 4.22. The molecule has 0 spiro atoms. The van der Waals surface area contributed by atoms with E-state index in [9.17, 15) is 22.8 Å². The Balaban J connectivity index is 1.56. The molecule has 2 aromatic heterocycles. The van der Waals surface area contributed by atoms with Gasteiger partial charge in [0, 0.05) is 19.4 Å². The molecule has 0 aliphatic heterocycles. The van der Waals surface area contributed by atoms with Crippen LogP contribution in [0.3, 0.4) is 0 Å². The molecule has 0 atom stereocenters. The zero-order chi connectivity index (χ0) is 22.4. The van der Waals surface area contributed by atoms with E-state index in [1.54, 1.807) is 6.92 Å². The monoisotopic (exact) mass is 437 g/mol. The number of anilines is 1. The van der Waals surface area contributed by atoms with Crippen molar-refractivity contribution >= 4 is 17.5 Å². The number of nitrogens with one attached hydrogen (secondary N) is 2. The van der Waals surface area contributed by atoms with Crippen LogP contribution in [0.25, 0.3) is 11.6 Å². The van der Waals surface area contributed by atoms with E-state index in [0.717, 1.165) is 12.1 Å². The number of rotatable bonds is 8. The van der Waals surface area contributed by atoms with Gasteiger partial charge in [0.1, 0.15) is 6.33 Å². The van der Waals surface area contributed by atoms with Gasteiger partial charge in [-0.05, 0) is 19.1 Å². The van der Waals surface area contributed by atoms with E-state index in [1.165, 1.54) is 23.4 Å². The molecule has 2 amide bonds. The van der Waals surface area contributed by atoms with E-state index < -0.39 is 24.2 Å². The molecule has 2 N–H and O–H groups in total. The molecule has 3 aromatic rings. The van der Waals surface area contributed by atoms with Crippen molar-refractivity contribution in [1.82, 2.24) is 30.2 Å². The molecule has 0 aliphatic carbocycles. The molecule has 0 radical (unpaired) electrons. The van der Waals surface area contributed by atoms with Crippen molar-refractivity contribution in [2.75, 3.05) is 18.4 Å². The fourth-order valence-corrected chi connectivity index (χ4v) is 2.72. The lowest BCUT2D eigenvalue weighted by Gasteiger charge is -2.21. The maximum Gasteiger partial charge on any atom is 0.418 e. The van der Waals surface area contributed by atoms with Crippen LogP contribution in [0.2, 0.25) is 0 Å². The number of H-pyrrole nitrogens is 1. The largest absolute Gasteiger partial charge is 0.418 e. The molecule has 10 nitrogen and oxygen atoms in total. The molecule has 164 valence electrons. The van der Waals surface area contributed by atoms with Crippen LogP contribution in [-0.4, -0.2) is 55.1 Å². The van der Waals surface area contributed by atoms with Gasteiger partial charge < -0.3 is 14.7 Å². The lowest BCUT2D eigenvalue weighted by molar-refractivity contribution is -0.137. The van der Waals surface area contributed by atoms with Gasteiger partial charge in [0.15, 0.2) is 5.82 Å². The highest BCUT2D eigenvalue weighted by Gasteiger charge is 2.33. The highest BCUT2D eigenvalue weighted by Crippen LogP contribution is 2.34. The number of carbonyl (C=O) groups excluding carboxylic acids is 2. The van der Waals surface area contributed by atoms with Gasteiger partial charge in [-0.1, -0.05) is 17.3 Å². The lowest BCUT2D eigenvalue weighted by atomic mass is 10.1. The van der Waals surface area contributed by atoms with E-state index >= 15 is 0 Å². The van der Waals surface area contributed by atoms with Crippen molar-refractivity contribution in [2.45, 2.75) is 25.9 Å². The Labute approximate surface area is 173 Å². The normalized spacial score (nSPS) is 11.4. The van der Waals surface area contributed by atoms with Gasteiger partial charge in [-0.25, -0.2) is 4.98 Å². The van der Waals surface area contributed by atoms with Gasteiger partial charge in [-0.2, -0.15) is 23.3 Å². The number of amides is 2. The van der Waals surface area contributed by atoms with Gasteiger partial charge in [0.25, 0.3) is 0 Å². The summed E-state index contributed by atoms with van der Waals surface area (Å²) in [4.78, 5) is 33.9. The standard InChI is InChI=1S/C18H18F3N7O3/c1-2-28(9-13(29)24-12-6-4-3-5-11(12)18(19,20)21)15(30)8-7-14-25-17(27-31-14)16-22-10-23-26-16/h3-6,10H,2,7-9H2,1H3,(H,24,29)(H,22,23,26). The third-order valence-electron chi connectivity index (χ3n) is 4.22. The summed E-state index contributed by atoms with van der Waals surface area (Å²) in [5, 5.41) is 12.2. The number of nitrogens with zero attached hydrogens (tertiary/aromatic N) is 5. The van der Waals surface area contributed by atoms with Crippen LogP contribution in [0.4, 0.5) is 18.9 Å². The van der Waals surface area contributed by atoms with Crippen molar-refractivity contribution in [3.8, 4) is 11.6 Å². The number of benzene rings is 1. The predicted molar refractivity (Wildman–Crippen MR) is 100 cm³/mol. The predicted octanol–water partition coefficient (Wildman–Crippen LogP) is 2.29. The van der Waals surface area contributed by atoms with Crippen LogP contribution in [0, 0.1) is 0 Å². The Bertz CT molecular complexity index is 1030. The minimum atomic E-state index is -4.61. The fraction of sp³-hybridized carbons (Fsp3) is 0.333. The topological polar surface area (TPSA) is 130 Å². The van der Waals surface area contributed by atoms with Crippen molar-refractivity contribution < 1.29 is 27.3 Å². The minimum Gasteiger partial charge on any atom is -0.339 e.